The molecule has 0 amide bonds. The first kappa shape index (κ1) is 18.9. The summed E-state index contributed by atoms with van der Waals surface area (Å²) in [6.07, 6.45) is 4.04. The van der Waals surface area contributed by atoms with E-state index in [0.29, 0.717) is 0 Å². The summed E-state index contributed by atoms with van der Waals surface area (Å²) in [5.74, 6) is 0.181. The van der Waals surface area contributed by atoms with Crippen LogP contribution < -0.4 is 0 Å². The highest BCUT2D eigenvalue weighted by atomic mass is 16.5. The van der Waals surface area contributed by atoms with Crippen LogP contribution in [0.25, 0.3) is 0 Å². The van der Waals surface area contributed by atoms with Crippen molar-refractivity contribution in [1.82, 2.24) is 4.90 Å². The van der Waals surface area contributed by atoms with Crippen molar-refractivity contribution in [1.29, 1.82) is 0 Å². The number of hydrogen-bond donors (Lipinski definition) is 0. The second-order valence-corrected chi connectivity index (χ2v) is 6.90. The van der Waals surface area contributed by atoms with Crippen LogP contribution >= 0.6 is 0 Å². The number of carbonyl (C=O) groups excluding carboxylic acids is 2. The molecule has 0 aromatic carbocycles. The van der Waals surface area contributed by atoms with Crippen molar-refractivity contribution in [2.45, 2.75) is 78.6 Å². The van der Waals surface area contributed by atoms with Crippen molar-refractivity contribution < 1.29 is 19.1 Å². The van der Waals surface area contributed by atoms with E-state index in [-0.39, 0.29) is 43.3 Å². The topological polar surface area (TPSA) is 55.8 Å². The molecule has 1 saturated carbocycles. The zero-order valence-electron chi connectivity index (χ0n) is 14.6. The molecule has 0 aromatic rings. The third kappa shape index (κ3) is 7.25. The quantitative estimate of drug-likeness (QED) is 0.676. The van der Waals surface area contributed by atoms with Gasteiger partial charge in [0.2, 0.25) is 0 Å². The fraction of sp³-hybridized carbons (Fsp3) is 0.882. The van der Waals surface area contributed by atoms with Crippen LogP contribution in [0, 0.1) is 5.92 Å². The van der Waals surface area contributed by atoms with Crippen LogP contribution in [-0.2, 0) is 19.1 Å². The van der Waals surface area contributed by atoms with Crippen molar-refractivity contribution in [3.63, 3.8) is 0 Å². The monoisotopic (exact) mass is 313 g/mol. The predicted octanol–water partition coefficient (Wildman–Crippen LogP) is 2.77. The van der Waals surface area contributed by atoms with Crippen LogP contribution in [0.2, 0.25) is 0 Å². The first-order valence-corrected chi connectivity index (χ1v) is 8.41. The van der Waals surface area contributed by atoms with Crippen molar-refractivity contribution in [3.8, 4) is 0 Å². The average molecular weight is 313 g/mol. The van der Waals surface area contributed by atoms with Crippen LogP contribution in [0.4, 0.5) is 0 Å². The Morgan fingerprint density at radius 1 is 0.909 bits per heavy atom. The smallest absolute Gasteiger partial charge is 0.320 e. The number of hydrogen-bond acceptors (Lipinski definition) is 5. The van der Waals surface area contributed by atoms with E-state index < -0.39 is 0 Å². The molecule has 0 atom stereocenters. The van der Waals surface area contributed by atoms with E-state index in [9.17, 15) is 9.59 Å². The third-order valence-electron chi connectivity index (χ3n) is 3.90. The van der Waals surface area contributed by atoms with Gasteiger partial charge in [-0.05, 0) is 59.3 Å². The van der Waals surface area contributed by atoms with Crippen LogP contribution in [-0.4, -0.2) is 48.2 Å². The highest BCUT2D eigenvalue weighted by Crippen LogP contribution is 2.27. The lowest BCUT2D eigenvalue weighted by Gasteiger charge is -2.35. The molecule has 1 fully saturated rings. The second-order valence-electron chi connectivity index (χ2n) is 6.90. The molecule has 5 heteroatoms. The number of ether oxygens (including phenoxy) is 2. The normalized spacial score (nSPS) is 22.2. The molecule has 1 aliphatic rings. The van der Waals surface area contributed by atoms with Gasteiger partial charge in [0.05, 0.1) is 25.3 Å². The summed E-state index contributed by atoms with van der Waals surface area (Å²) in [5.41, 5.74) is 0. The van der Waals surface area contributed by atoms with Crippen molar-refractivity contribution in [3.05, 3.63) is 0 Å². The van der Waals surface area contributed by atoms with Crippen LogP contribution in [0.5, 0.6) is 0 Å². The molecule has 0 radical (unpaired) electrons. The molecule has 22 heavy (non-hydrogen) atoms. The van der Waals surface area contributed by atoms with Gasteiger partial charge in [-0.3, -0.25) is 14.5 Å². The maximum atomic E-state index is 12.0. The van der Waals surface area contributed by atoms with Gasteiger partial charge in [0.15, 0.2) is 0 Å². The fourth-order valence-corrected chi connectivity index (χ4v) is 2.85. The van der Waals surface area contributed by atoms with Gasteiger partial charge in [0.25, 0.3) is 0 Å². The predicted molar refractivity (Wildman–Crippen MR) is 85.4 cm³/mol. The molecule has 128 valence electrons. The van der Waals surface area contributed by atoms with Gasteiger partial charge < -0.3 is 9.47 Å². The minimum absolute atomic E-state index is 0.136. The Bertz CT molecular complexity index is 336. The van der Waals surface area contributed by atoms with Crippen molar-refractivity contribution >= 4 is 11.9 Å². The van der Waals surface area contributed by atoms with Gasteiger partial charge >= 0.3 is 11.9 Å². The summed E-state index contributed by atoms with van der Waals surface area (Å²) in [5, 5.41) is 0. The Labute approximate surface area is 134 Å². The minimum Gasteiger partial charge on any atom is -0.462 e. The van der Waals surface area contributed by atoms with E-state index >= 15 is 0 Å². The van der Waals surface area contributed by atoms with Gasteiger partial charge in [-0.1, -0.05) is 6.92 Å². The molecule has 0 bridgehead atoms. The summed E-state index contributed by atoms with van der Waals surface area (Å²) < 4.78 is 10.4. The lowest BCUT2D eigenvalue weighted by atomic mass is 9.86. The standard InChI is InChI=1S/C17H31NO4/c1-12(2)21-16(19)10-18(11-17(20)22-13(3)4)15-8-6-14(5)7-9-15/h12-15H,6-11H2,1-5H3. The van der Waals surface area contributed by atoms with Gasteiger partial charge in [0, 0.05) is 6.04 Å². The summed E-state index contributed by atoms with van der Waals surface area (Å²) in [6, 6.07) is 0.260. The summed E-state index contributed by atoms with van der Waals surface area (Å²) in [4.78, 5) is 25.8. The number of carbonyl (C=O) groups is 2. The minimum atomic E-state index is -0.272. The molecular weight excluding hydrogens is 282 g/mol. The summed E-state index contributed by atoms with van der Waals surface area (Å²) >= 11 is 0. The van der Waals surface area contributed by atoms with Crippen LogP contribution in [0.3, 0.4) is 0 Å². The van der Waals surface area contributed by atoms with Gasteiger partial charge in [0.1, 0.15) is 0 Å². The molecule has 0 aromatic heterocycles. The fourth-order valence-electron chi connectivity index (χ4n) is 2.85. The van der Waals surface area contributed by atoms with Gasteiger partial charge in [-0.2, -0.15) is 0 Å². The maximum absolute atomic E-state index is 12.0. The van der Waals surface area contributed by atoms with Crippen LogP contribution in [0.1, 0.15) is 60.3 Å². The lowest BCUT2D eigenvalue weighted by Crippen LogP contribution is -2.45. The average Bonchev–Trinajstić information content (AvgIpc) is 2.36. The summed E-state index contributed by atoms with van der Waals surface area (Å²) in [6.45, 7) is 9.89. The highest BCUT2D eigenvalue weighted by molar-refractivity contribution is 5.75. The van der Waals surface area contributed by atoms with Crippen LogP contribution in [0.15, 0.2) is 0 Å². The van der Waals surface area contributed by atoms with E-state index in [1.54, 1.807) is 0 Å². The maximum Gasteiger partial charge on any atom is 0.320 e. The molecule has 0 aliphatic heterocycles. The molecular formula is C17H31NO4. The molecule has 1 rings (SSSR count). The van der Waals surface area contributed by atoms with Crippen molar-refractivity contribution in [2.24, 2.45) is 5.92 Å². The van der Waals surface area contributed by atoms with E-state index in [2.05, 4.69) is 6.92 Å². The number of rotatable bonds is 7. The zero-order valence-corrected chi connectivity index (χ0v) is 14.6. The Morgan fingerprint density at radius 3 is 1.68 bits per heavy atom. The number of nitrogens with zero attached hydrogens (tertiary/aromatic N) is 1. The molecule has 1 aliphatic carbocycles. The van der Waals surface area contributed by atoms with Gasteiger partial charge in [-0.15, -0.1) is 0 Å². The Balaban J connectivity index is 2.63. The molecule has 0 N–H and O–H groups in total. The second kappa shape index (κ2) is 9.13. The van der Waals surface area contributed by atoms with E-state index in [4.69, 9.17) is 9.47 Å². The van der Waals surface area contributed by atoms with Gasteiger partial charge in [-0.25, -0.2) is 0 Å². The molecule has 5 nitrogen and oxygen atoms in total. The zero-order chi connectivity index (χ0) is 16.7. The summed E-state index contributed by atoms with van der Waals surface area (Å²) in [7, 11) is 0. The molecule has 0 saturated heterocycles. The first-order valence-electron chi connectivity index (χ1n) is 8.41. The lowest BCUT2D eigenvalue weighted by molar-refractivity contribution is -0.153. The Hall–Kier alpha value is -1.10. The first-order chi connectivity index (χ1) is 10.3. The number of esters is 2. The van der Waals surface area contributed by atoms with E-state index in [0.717, 1.165) is 31.6 Å². The highest BCUT2D eigenvalue weighted by Gasteiger charge is 2.28. The Kier molecular flexibility index (Phi) is 7.87. The third-order valence-corrected chi connectivity index (χ3v) is 3.90. The molecule has 0 spiro atoms. The molecule has 0 unspecified atom stereocenters. The Morgan fingerprint density at radius 2 is 1.32 bits per heavy atom. The SMILES string of the molecule is CC1CCC(N(CC(=O)OC(C)C)CC(=O)OC(C)C)CC1. The van der Waals surface area contributed by atoms with E-state index in [1.165, 1.54) is 0 Å². The van der Waals surface area contributed by atoms with E-state index in [1.807, 2.05) is 32.6 Å². The van der Waals surface area contributed by atoms with Crippen molar-refractivity contribution in [2.75, 3.05) is 13.1 Å². The largest absolute Gasteiger partial charge is 0.462 e. The molecule has 0 heterocycles.